The van der Waals surface area contributed by atoms with Gasteiger partial charge in [0.2, 0.25) is 5.95 Å². The Kier molecular flexibility index (Phi) is 6.78. The van der Waals surface area contributed by atoms with Gasteiger partial charge in [0, 0.05) is 38.4 Å². The number of rotatable bonds is 9. The number of anilines is 2. The molecule has 3 aromatic heterocycles. The molecule has 12 nitrogen and oxygen atoms in total. The van der Waals surface area contributed by atoms with Crippen LogP contribution >= 0.6 is 0 Å². The highest BCUT2D eigenvalue weighted by atomic mass is 32.2. The molecule has 0 radical (unpaired) electrons. The summed E-state index contributed by atoms with van der Waals surface area (Å²) in [5, 5.41) is 16.7. The van der Waals surface area contributed by atoms with E-state index in [1.165, 1.54) is 16.8 Å². The van der Waals surface area contributed by atoms with E-state index >= 15 is 0 Å². The summed E-state index contributed by atoms with van der Waals surface area (Å²) in [5.41, 5.74) is 1.29. The van der Waals surface area contributed by atoms with Crippen molar-refractivity contribution < 1.29 is 13.5 Å². The molecule has 0 unspecified atom stereocenters. The minimum Gasteiger partial charge on any atom is -0.391 e. The molecule has 1 aliphatic rings. The smallest absolute Gasteiger partial charge is 0.262 e. The molecule has 1 saturated heterocycles. The molecule has 0 saturated carbocycles. The molecule has 1 fully saturated rings. The Hall–Kier alpha value is -2.77. The third-order valence-electron chi connectivity index (χ3n) is 6.09. The van der Waals surface area contributed by atoms with E-state index in [0.717, 1.165) is 0 Å². The SMILES string of the molecule is CC[C@H](Nc1nc(N[C@H]2CCN(S(=O)(=O)c3cn(C)cn3)C2)c2ncn(C(C)C)c2n1)[C@@H](C)O. The number of nitrogens with zero attached hydrogens (tertiary/aromatic N) is 7. The molecule has 0 spiro atoms. The Balaban J connectivity index is 1.61. The van der Waals surface area contributed by atoms with E-state index in [4.69, 9.17) is 0 Å². The lowest BCUT2D eigenvalue weighted by molar-refractivity contribution is 0.169. The van der Waals surface area contributed by atoms with Crippen molar-refractivity contribution in [1.82, 2.24) is 33.4 Å². The van der Waals surface area contributed by atoms with E-state index in [-0.39, 0.29) is 23.2 Å². The third-order valence-corrected chi connectivity index (χ3v) is 7.84. The Bertz CT molecular complexity index is 1250. The van der Waals surface area contributed by atoms with Gasteiger partial charge in [-0.05, 0) is 33.6 Å². The Morgan fingerprint density at radius 3 is 2.59 bits per heavy atom. The van der Waals surface area contributed by atoms with Gasteiger partial charge in [0.05, 0.1) is 24.8 Å². The predicted molar refractivity (Wildman–Crippen MR) is 129 cm³/mol. The van der Waals surface area contributed by atoms with Gasteiger partial charge in [-0.25, -0.2) is 18.4 Å². The summed E-state index contributed by atoms with van der Waals surface area (Å²) in [4.78, 5) is 17.9. The summed E-state index contributed by atoms with van der Waals surface area (Å²) in [6.07, 6.45) is 5.47. The van der Waals surface area contributed by atoms with Gasteiger partial charge >= 0.3 is 0 Å². The Morgan fingerprint density at radius 1 is 1.21 bits per heavy atom. The number of aryl methyl sites for hydroxylation is 1. The molecule has 3 N–H and O–H groups in total. The number of aliphatic hydroxyl groups excluding tert-OH is 1. The van der Waals surface area contributed by atoms with Gasteiger partial charge in [-0.2, -0.15) is 14.3 Å². The van der Waals surface area contributed by atoms with Crippen molar-refractivity contribution in [2.24, 2.45) is 7.05 Å². The topological polar surface area (TPSA) is 143 Å². The van der Waals surface area contributed by atoms with Crippen LogP contribution in [0.4, 0.5) is 11.8 Å². The number of hydrogen-bond acceptors (Lipinski definition) is 9. The van der Waals surface area contributed by atoms with E-state index < -0.39 is 16.1 Å². The second-order valence-corrected chi connectivity index (χ2v) is 11.0. The van der Waals surface area contributed by atoms with E-state index in [1.54, 1.807) is 24.9 Å². The number of aliphatic hydroxyl groups is 1. The van der Waals surface area contributed by atoms with Crippen molar-refractivity contribution >= 4 is 33.0 Å². The lowest BCUT2D eigenvalue weighted by Crippen LogP contribution is -2.33. The number of nitrogens with one attached hydrogen (secondary N) is 2. The average molecular weight is 492 g/mol. The zero-order valence-electron chi connectivity index (χ0n) is 20.2. The molecule has 4 rings (SSSR count). The molecular formula is C21H33N9O3S. The summed E-state index contributed by atoms with van der Waals surface area (Å²) in [6, 6.07) is -0.205. The minimum absolute atomic E-state index is 0.0472. The third kappa shape index (κ3) is 4.72. The highest BCUT2D eigenvalue weighted by molar-refractivity contribution is 7.89. The van der Waals surface area contributed by atoms with Crippen molar-refractivity contribution in [2.75, 3.05) is 23.7 Å². The molecule has 0 amide bonds. The summed E-state index contributed by atoms with van der Waals surface area (Å²) < 4.78 is 30.9. The zero-order valence-corrected chi connectivity index (χ0v) is 21.0. The second kappa shape index (κ2) is 9.47. The first kappa shape index (κ1) is 24.4. The van der Waals surface area contributed by atoms with Gasteiger partial charge in [-0.1, -0.05) is 6.92 Å². The minimum atomic E-state index is -3.66. The molecular weight excluding hydrogens is 458 g/mol. The van der Waals surface area contributed by atoms with Crippen LogP contribution in [-0.4, -0.2) is 78.2 Å². The largest absolute Gasteiger partial charge is 0.391 e. The molecule has 3 atom stereocenters. The molecule has 186 valence electrons. The fraction of sp³-hybridized carbons (Fsp3) is 0.619. The van der Waals surface area contributed by atoms with Gasteiger partial charge in [0.25, 0.3) is 10.0 Å². The molecule has 0 aliphatic carbocycles. The Labute approximate surface area is 199 Å². The molecule has 0 aromatic carbocycles. The Morgan fingerprint density at radius 2 is 1.97 bits per heavy atom. The molecule has 34 heavy (non-hydrogen) atoms. The van der Waals surface area contributed by atoms with Crippen LogP contribution in [0.25, 0.3) is 11.2 Å². The van der Waals surface area contributed by atoms with Crippen molar-refractivity contribution in [3.05, 3.63) is 18.9 Å². The number of aromatic nitrogens is 6. The van der Waals surface area contributed by atoms with Crippen LogP contribution in [-0.2, 0) is 17.1 Å². The summed E-state index contributed by atoms with van der Waals surface area (Å²) in [7, 11) is -1.92. The van der Waals surface area contributed by atoms with Gasteiger partial charge < -0.3 is 24.9 Å². The predicted octanol–water partition coefficient (Wildman–Crippen LogP) is 1.59. The quantitative estimate of drug-likeness (QED) is 0.406. The van der Waals surface area contributed by atoms with Gasteiger partial charge in [-0.3, -0.25) is 0 Å². The van der Waals surface area contributed by atoms with E-state index in [1.807, 2.05) is 25.3 Å². The second-order valence-electron chi connectivity index (χ2n) is 9.08. The fourth-order valence-electron chi connectivity index (χ4n) is 4.10. The van der Waals surface area contributed by atoms with Crippen LogP contribution in [0.5, 0.6) is 0 Å². The monoisotopic (exact) mass is 491 g/mol. The van der Waals surface area contributed by atoms with Gasteiger partial charge in [0.15, 0.2) is 22.0 Å². The van der Waals surface area contributed by atoms with E-state index in [2.05, 4.69) is 30.6 Å². The lowest BCUT2D eigenvalue weighted by Gasteiger charge is -2.21. The maximum Gasteiger partial charge on any atom is 0.262 e. The molecule has 4 heterocycles. The summed E-state index contributed by atoms with van der Waals surface area (Å²) in [6.45, 7) is 8.48. The van der Waals surface area contributed by atoms with Crippen LogP contribution in [0.2, 0.25) is 0 Å². The lowest BCUT2D eigenvalue weighted by atomic mass is 10.1. The molecule has 3 aromatic rings. The number of sulfonamides is 1. The average Bonchev–Trinajstić information content (AvgIpc) is 3.51. The zero-order chi connectivity index (χ0) is 24.6. The first-order valence-corrected chi connectivity index (χ1v) is 13.0. The van der Waals surface area contributed by atoms with Crippen LogP contribution in [0.15, 0.2) is 23.9 Å². The van der Waals surface area contributed by atoms with Crippen molar-refractivity contribution in [2.45, 2.75) is 69.8 Å². The molecule has 13 heteroatoms. The molecule has 0 bridgehead atoms. The maximum atomic E-state index is 13.0. The van der Waals surface area contributed by atoms with E-state index in [0.29, 0.717) is 48.9 Å². The van der Waals surface area contributed by atoms with Gasteiger partial charge in [0.1, 0.15) is 0 Å². The van der Waals surface area contributed by atoms with Crippen molar-refractivity contribution in [1.29, 1.82) is 0 Å². The first-order valence-electron chi connectivity index (χ1n) is 11.5. The highest BCUT2D eigenvalue weighted by Gasteiger charge is 2.34. The summed E-state index contributed by atoms with van der Waals surface area (Å²) in [5.74, 6) is 0.926. The number of hydrogen-bond donors (Lipinski definition) is 3. The van der Waals surface area contributed by atoms with Crippen LogP contribution in [0, 0.1) is 0 Å². The van der Waals surface area contributed by atoms with Crippen molar-refractivity contribution in [3.63, 3.8) is 0 Å². The van der Waals surface area contributed by atoms with E-state index in [9.17, 15) is 13.5 Å². The number of imidazole rings is 2. The maximum absolute atomic E-state index is 13.0. The highest BCUT2D eigenvalue weighted by Crippen LogP contribution is 2.27. The normalized spacial score (nSPS) is 19.1. The van der Waals surface area contributed by atoms with Crippen molar-refractivity contribution in [3.8, 4) is 0 Å². The first-order chi connectivity index (χ1) is 16.1. The molecule has 1 aliphatic heterocycles. The van der Waals surface area contributed by atoms with Gasteiger partial charge in [-0.15, -0.1) is 0 Å². The van der Waals surface area contributed by atoms with Crippen LogP contribution < -0.4 is 10.6 Å². The number of fused-ring (bicyclic) bond motifs is 1. The summed E-state index contributed by atoms with van der Waals surface area (Å²) >= 11 is 0. The van der Waals surface area contributed by atoms with Crippen LogP contribution in [0.3, 0.4) is 0 Å². The van der Waals surface area contributed by atoms with Crippen LogP contribution in [0.1, 0.15) is 46.6 Å². The fourth-order valence-corrected chi connectivity index (χ4v) is 5.57. The standard InChI is InChI=1S/C21H33N9O3S/c1-6-16(14(4)31)25-21-26-19(18-20(27-21)30(12-23-18)13(2)3)24-15-7-8-29(9-15)34(32,33)17-10-28(5)11-22-17/h10-16,31H,6-9H2,1-5H3,(H2,24,25,26,27)/t14-,15+,16+/m1/s1.